The van der Waals surface area contributed by atoms with Gasteiger partial charge in [-0.2, -0.15) is 0 Å². The summed E-state index contributed by atoms with van der Waals surface area (Å²) in [4.78, 5) is 25.9. The van der Waals surface area contributed by atoms with E-state index < -0.39 is 5.54 Å². The van der Waals surface area contributed by atoms with Crippen LogP contribution >= 0.6 is 0 Å². The molecule has 4 nitrogen and oxygen atoms in total. The third-order valence-corrected chi connectivity index (χ3v) is 4.29. The van der Waals surface area contributed by atoms with Gasteiger partial charge in [-0.1, -0.05) is 37.8 Å². The topological polar surface area (TPSA) is 49.4 Å². The molecule has 142 valence electrons. The fourth-order valence-corrected chi connectivity index (χ4v) is 2.76. The summed E-state index contributed by atoms with van der Waals surface area (Å²) in [5, 5.41) is 1.39. The molecule has 0 atom stereocenters. The van der Waals surface area contributed by atoms with Gasteiger partial charge < -0.3 is 0 Å². The number of hydrogen-bond acceptors (Lipinski definition) is 2. The molecule has 0 saturated carbocycles. The Labute approximate surface area is 161 Å². The average Bonchev–Trinajstić information content (AvgIpc) is 2.63. The van der Waals surface area contributed by atoms with Crippen LogP contribution in [0.25, 0.3) is 6.08 Å². The van der Waals surface area contributed by atoms with E-state index in [0.29, 0.717) is 11.1 Å². The van der Waals surface area contributed by atoms with Crippen molar-refractivity contribution in [2.45, 2.75) is 46.6 Å². The summed E-state index contributed by atoms with van der Waals surface area (Å²) in [6, 6.07) is 13.0. The van der Waals surface area contributed by atoms with Gasteiger partial charge in [0.1, 0.15) is 0 Å². The van der Waals surface area contributed by atoms with Crippen LogP contribution in [-0.2, 0) is 6.42 Å². The highest BCUT2D eigenvalue weighted by Crippen LogP contribution is 2.19. The molecule has 0 unspecified atom stereocenters. The van der Waals surface area contributed by atoms with E-state index in [2.05, 4.69) is 18.9 Å². The van der Waals surface area contributed by atoms with Gasteiger partial charge in [-0.15, -0.1) is 0 Å². The zero-order valence-corrected chi connectivity index (χ0v) is 16.8. The third-order valence-electron chi connectivity index (χ3n) is 4.29. The zero-order chi connectivity index (χ0) is 20.2. The molecule has 0 aliphatic heterocycles. The van der Waals surface area contributed by atoms with Gasteiger partial charge >= 0.3 is 0 Å². The Bertz CT molecular complexity index is 846. The number of hydrazine groups is 1. The van der Waals surface area contributed by atoms with Gasteiger partial charge in [0.15, 0.2) is 0 Å². The average molecular weight is 364 g/mol. The monoisotopic (exact) mass is 364 g/mol. The van der Waals surface area contributed by atoms with E-state index in [1.54, 1.807) is 24.3 Å². The Morgan fingerprint density at radius 3 is 2.22 bits per heavy atom. The van der Waals surface area contributed by atoms with Crippen molar-refractivity contribution in [3.8, 4) is 0 Å². The summed E-state index contributed by atoms with van der Waals surface area (Å²) in [7, 11) is 0. The molecule has 4 heteroatoms. The molecule has 2 rings (SSSR count). The second-order valence-electron chi connectivity index (χ2n) is 7.64. The molecule has 0 aromatic heterocycles. The lowest BCUT2D eigenvalue weighted by molar-refractivity contribution is 0.0358. The predicted octanol–water partition coefficient (Wildman–Crippen LogP) is 4.79. The molecular weight excluding hydrogens is 336 g/mol. The molecule has 0 aliphatic carbocycles. The van der Waals surface area contributed by atoms with Crippen molar-refractivity contribution < 1.29 is 9.59 Å². The fourth-order valence-electron chi connectivity index (χ4n) is 2.76. The van der Waals surface area contributed by atoms with Gasteiger partial charge in [0.05, 0.1) is 5.54 Å². The minimum absolute atomic E-state index is 0.257. The van der Waals surface area contributed by atoms with Crippen LogP contribution in [0.4, 0.5) is 0 Å². The van der Waals surface area contributed by atoms with Crippen LogP contribution in [0, 0.1) is 6.92 Å². The molecule has 0 spiro atoms. The predicted molar refractivity (Wildman–Crippen MR) is 110 cm³/mol. The Morgan fingerprint density at radius 2 is 1.70 bits per heavy atom. The van der Waals surface area contributed by atoms with E-state index in [9.17, 15) is 9.59 Å². The van der Waals surface area contributed by atoms with Gasteiger partial charge in [0.25, 0.3) is 11.8 Å². The molecule has 1 N–H and O–H groups in total. The molecule has 0 aliphatic rings. The maximum Gasteiger partial charge on any atom is 0.272 e. The summed E-state index contributed by atoms with van der Waals surface area (Å²) in [6.07, 6.45) is 2.62. The van der Waals surface area contributed by atoms with Crippen molar-refractivity contribution in [1.82, 2.24) is 10.4 Å². The number of rotatable bonds is 4. The highest BCUT2D eigenvalue weighted by molar-refractivity contribution is 5.99. The highest BCUT2D eigenvalue weighted by Gasteiger charge is 2.29. The lowest BCUT2D eigenvalue weighted by atomic mass is 10.0. The van der Waals surface area contributed by atoms with E-state index in [1.165, 1.54) is 5.01 Å². The normalized spacial score (nSPS) is 11.0. The van der Waals surface area contributed by atoms with Crippen molar-refractivity contribution in [3.05, 3.63) is 76.9 Å². The lowest BCUT2D eigenvalue weighted by Crippen LogP contribution is -2.55. The number of hydrogen-bond donors (Lipinski definition) is 1. The van der Waals surface area contributed by atoms with Crippen LogP contribution in [0.3, 0.4) is 0 Å². The minimum Gasteiger partial charge on any atom is -0.267 e. The van der Waals surface area contributed by atoms with E-state index in [0.717, 1.165) is 23.1 Å². The Hall–Kier alpha value is -2.88. The van der Waals surface area contributed by atoms with Crippen LogP contribution in [-0.4, -0.2) is 22.4 Å². The van der Waals surface area contributed by atoms with E-state index in [4.69, 9.17) is 0 Å². The second kappa shape index (κ2) is 8.21. The fraction of sp³-hybridized carbons (Fsp3) is 0.304. The Balaban J connectivity index is 2.32. The Kier molecular flexibility index (Phi) is 6.21. The van der Waals surface area contributed by atoms with Crippen LogP contribution < -0.4 is 5.43 Å². The molecule has 2 aromatic carbocycles. The first kappa shape index (κ1) is 20.4. The summed E-state index contributed by atoms with van der Waals surface area (Å²) in [5.41, 5.74) is 6.22. The summed E-state index contributed by atoms with van der Waals surface area (Å²) in [6.45, 7) is 13.4. The van der Waals surface area contributed by atoms with E-state index >= 15 is 0 Å². The van der Waals surface area contributed by atoms with Crippen LogP contribution in [0.5, 0.6) is 0 Å². The standard InChI is InChI=1S/C23H28N2O2/c1-7-17-9-11-19(12-10-17)21(26)24-25(23(4,5)6)22(27)20-14-16(3)13-18(8-2)15-20/h8-15H,2,7H2,1,3-6H3,(H,24,26). The maximum atomic E-state index is 13.2. The number of amides is 2. The summed E-state index contributed by atoms with van der Waals surface area (Å²) < 4.78 is 0. The maximum absolute atomic E-state index is 13.2. The van der Waals surface area contributed by atoms with Crippen LogP contribution in [0.1, 0.15) is 65.1 Å². The van der Waals surface area contributed by atoms with Gasteiger partial charge in [0.2, 0.25) is 0 Å². The van der Waals surface area contributed by atoms with Crippen molar-refractivity contribution in [2.75, 3.05) is 0 Å². The highest BCUT2D eigenvalue weighted by atomic mass is 16.2. The molecule has 2 amide bonds. The summed E-state index contributed by atoms with van der Waals surface area (Å²) >= 11 is 0. The second-order valence-corrected chi connectivity index (χ2v) is 7.64. The first-order valence-corrected chi connectivity index (χ1v) is 9.14. The number of carbonyl (C=O) groups is 2. The molecule has 27 heavy (non-hydrogen) atoms. The van der Waals surface area contributed by atoms with Gasteiger partial charge in [-0.25, -0.2) is 5.01 Å². The lowest BCUT2D eigenvalue weighted by Gasteiger charge is -2.35. The number of benzene rings is 2. The van der Waals surface area contributed by atoms with E-state index in [1.807, 2.05) is 52.0 Å². The van der Waals surface area contributed by atoms with Gasteiger partial charge in [-0.3, -0.25) is 15.0 Å². The molecule has 2 aromatic rings. The third kappa shape index (κ3) is 5.07. The smallest absolute Gasteiger partial charge is 0.267 e. The first-order chi connectivity index (χ1) is 12.7. The molecule has 0 bridgehead atoms. The van der Waals surface area contributed by atoms with Crippen molar-refractivity contribution in [3.63, 3.8) is 0 Å². The summed E-state index contributed by atoms with van der Waals surface area (Å²) in [5.74, 6) is -0.564. The van der Waals surface area contributed by atoms with Gasteiger partial charge in [0, 0.05) is 11.1 Å². The van der Waals surface area contributed by atoms with E-state index in [-0.39, 0.29) is 11.8 Å². The SMILES string of the molecule is C=Cc1cc(C)cc(C(=O)N(NC(=O)c2ccc(CC)cc2)C(C)(C)C)c1. The molecular formula is C23H28N2O2. The number of carbonyl (C=O) groups excluding carboxylic acids is 2. The van der Waals surface area contributed by atoms with Crippen molar-refractivity contribution in [1.29, 1.82) is 0 Å². The Morgan fingerprint density at radius 1 is 1.07 bits per heavy atom. The molecule has 0 heterocycles. The zero-order valence-electron chi connectivity index (χ0n) is 16.8. The number of nitrogens with zero attached hydrogens (tertiary/aromatic N) is 1. The molecule has 0 saturated heterocycles. The van der Waals surface area contributed by atoms with Crippen LogP contribution in [0.15, 0.2) is 49.0 Å². The number of aryl methyl sites for hydroxylation is 2. The van der Waals surface area contributed by atoms with Crippen molar-refractivity contribution in [2.24, 2.45) is 0 Å². The number of nitrogens with one attached hydrogen (secondary N) is 1. The van der Waals surface area contributed by atoms with Crippen LogP contribution in [0.2, 0.25) is 0 Å². The van der Waals surface area contributed by atoms with Gasteiger partial charge in [-0.05, 0) is 75.1 Å². The molecule has 0 fully saturated rings. The minimum atomic E-state index is -0.589. The quantitative estimate of drug-likeness (QED) is 0.793. The first-order valence-electron chi connectivity index (χ1n) is 9.14. The van der Waals surface area contributed by atoms with Crippen molar-refractivity contribution >= 4 is 17.9 Å². The largest absolute Gasteiger partial charge is 0.272 e. The molecule has 0 radical (unpaired) electrons.